The summed E-state index contributed by atoms with van der Waals surface area (Å²) in [6.45, 7) is 6.19. The van der Waals surface area contributed by atoms with E-state index in [9.17, 15) is 4.79 Å². The molecule has 132 valence electrons. The number of aromatic nitrogens is 2. The van der Waals surface area contributed by atoms with E-state index in [-0.39, 0.29) is 11.9 Å². The Morgan fingerprint density at radius 2 is 1.96 bits per heavy atom. The Labute approximate surface area is 143 Å². The number of aryl methyl sites for hydroxylation is 1. The zero-order valence-corrected chi connectivity index (χ0v) is 14.7. The van der Waals surface area contributed by atoms with Gasteiger partial charge in [-0.3, -0.25) is 9.69 Å². The summed E-state index contributed by atoms with van der Waals surface area (Å²) >= 11 is 0. The van der Waals surface area contributed by atoms with Gasteiger partial charge >= 0.3 is 0 Å². The summed E-state index contributed by atoms with van der Waals surface area (Å²) in [7, 11) is 2.07. The van der Waals surface area contributed by atoms with Crippen LogP contribution in [-0.2, 0) is 4.79 Å². The Hall–Kier alpha value is -1.89. The SMILES string of the molecule is Cc1cc(N2CCCN(C(=O)C3CCCCN3C)CC2)nc(N)n1. The minimum atomic E-state index is 0.0576. The molecule has 7 nitrogen and oxygen atoms in total. The van der Waals surface area contributed by atoms with Crippen molar-refractivity contribution in [2.45, 2.75) is 38.6 Å². The van der Waals surface area contributed by atoms with Crippen LogP contribution in [0.25, 0.3) is 0 Å². The number of nitrogens with two attached hydrogens (primary N) is 1. The number of hydrogen-bond acceptors (Lipinski definition) is 6. The number of piperidine rings is 1. The molecular formula is C17H28N6O. The lowest BCUT2D eigenvalue weighted by Crippen LogP contribution is -2.50. The van der Waals surface area contributed by atoms with Crippen LogP contribution in [0.5, 0.6) is 0 Å². The van der Waals surface area contributed by atoms with Crippen LogP contribution in [0, 0.1) is 6.92 Å². The average Bonchev–Trinajstić information content (AvgIpc) is 2.80. The number of hydrogen-bond donors (Lipinski definition) is 1. The van der Waals surface area contributed by atoms with Gasteiger partial charge in [-0.2, -0.15) is 4.98 Å². The smallest absolute Gasteiger partial charge is 0.239 e. The average molecular weight is 332 g/mol. The number of rotatable bonds is 2. The number of likely N-dealkylation sites (tertiary alicyclic amines) is 1. The first-order valence-corrected chi connectivity index (χ1v) is 8.90. The molecule has 1 amide bonds. The molecule has 2 saturated heterocycles. The molecule has 0 radical (unpaired) electrons. The largest absolute Gasteiger partial charge is 0.368 e. The second kappa shape index (κ2) is 7.34. The Morgan fingerprint density at radius 1 is 1.12 bits per heavy atom. The Bertz CT molecular complexity index is 572. The van der Waals surface area contributed by atoms with E-state index in [1.165, 1.54) is 6.42 Å². The van der Waals surface area contributed by atoms with Crippen molar-refractivity contribution < 1.29 is 4.79 Å². The minimum absolute atomic E-state index is 0.0576. The second-order valence-electron chi connectivity index (χ2n) is 6.88. The fraction of sp³-hybridized carbons (Fsp3) is 0.706. The maximum absolute atomic E-state index is 12.9. The van der Waals surface area contributed by atoms with Gasteiger partial charge < -0.3 is 15.5 Å². The highest BCUT2D eigenvalue weighted by Gasteiger charge is 2.30. The van der Waals surface area contributed by atoms with Gasteiger partial charge in [-0.05, 0) is 39.8 Å². The molecule has 7 heteroatoms. The molecule has 2 fully saturated rings. The maximum Gasteiger partial charge on any atom is 0.239 e. The van der Waals surface area contributed by atoms with Crippen LogP contribution >= 0.6 is 0 Å². The maximum atomic E-state index is 12.9. The van der Waals surface area contributed by atoms with Crippen molar-refractivity contribution in [3.63, 3.8) is 0 Å². The summed E-state index contributed by atoms with van der Waals surface area (Å²) in [5.41, 5.74) is 6.65. The van der Waals surface area contributed by atoms with E-state index in [4.69, 9.17) is 5.73 Å². The summed E-state index contributed by atoms with van der Waals surface area (Å²) in [6.07, 6.45) is 4.28. The summed E-state index contributed by atoms with van der Waals surface area (Å²) in [5.74, 6) is 1.47. The quantitative estimate of drug-likeness (QED) is 0.866. The predicted molar refractivity (Wildman–Crippen MR) is 94.9 cm³/mol. The topological polar surface area (TPSA) is 78.6 Å². The molecule has 0 aliphatic carbocycles. The molecule has 0 bridgehead atoms. The lowest BCUT2D eigenvalue weighted by Gasteiger charge is -2.35. The van der Waals surface area contributed by atoms with Crippen molar-refractivity contribution in [2.75, 3.05) is 50.4 Å². The predicted octanol–water partition coefficient (Wildman–Crippen LogP) is 0.890. The summed E-state index contributed by atoms with van der Waals surface area (Å²) < 4.78 is 0. The molecule has 2 aliphatic heterocycles. The summed E-state index contributed by atoms with van der Waals surface area (Å²) in [5, 5.41) is 0. The number of carbonyl (C=O) groups is 1. The van der Waals surface area contributed by atoms with Crippen molar-refractivity contribution in [3.8, 4) is 0 Å². The van der Waals surface area contributed by atoms with Crippen molar-refractivity contribution in [1.29, 1.82) is 0 Å². The fourth-order valence-corrected chi connectivity index (χ4v) is 3.70. The van der Waals surface area contributed by atoms with Crippen molar-refractivity contribution in [1.82, 2.24) is 19.8 Å². The lowest BCUT2D eigenvalue weighted by atomic mass is 10.0. The zero-order valence-electron chi connectivity index (χ0n) is 14.7. The van der Waals surface area contributed by atoms with Crippen molar-refractivity contribution in [2.24, 2.45) is 0 Å². The van der Waals surface area contributed by atoms with Crippen molar-refractivity contribution in [3.05, 3.63) is 11.8 Å². The van der Waals surface area contributed by atoms with E-state index in [0.717, 1.165) is 63.5 Å². The molecule has 1 atom stereocenters. The number of amides is 1. The normalized spacial score (nSPS) is 23.2. The Balaban J connectivity index is 1.65. The molecule has 3 rings (SSSR count). The van der Waals surface area contributed by atoms with Gasteiger partial charge in [0.1, 0.15) is 5.82 Å². The second-order valence-corrected chi connectivity index (χ2v) is 6.88. The molecule has 0 saturated carbocycles. The van der Waals surface area contributed by atoms with Gasteiger partial charge in [-0.25, -0.2) is 4.98 Å². The van der Waals surface area contributed by atoms with E-state index in [0.29, 0.717) is 5.95 Å². The highest BCUT2D eigenvalue weighted by Crippen LogP contribution is 2.20. The van der Waals surface area contributed by atoms with Crippen LogP contribution < -0.4 is 10.6 Å². The molecule has 1 aromatic rings. The van der Waals surface area contributed by atoms with Gasteiger partial charge in [0.15, 0.2) is 0 Å². The third kappa shape index (κ3) is 3.77. The first-order chi connectivity index (χ1) is 11.5. The van der Waals surface area contributed by atoms with Crippen LogP contribution in [0.2, 0.25) is 0 Å². The van der Waals surface area contributed by atoms with Gasteiger partial charge in [0, 0.05) is 37.9 Å². The Kier molecular flexibility index (Phi) is 5.18. The van der Waals surface area contributed by atoms with Gasteiger partial charge in [-0.15, -0.1) is 0 Å². The van der Waals surface area contributed by atoms with Crippen LogP contribution in [-0.4, -0.2) is 71.5 Å². The molecule has 1 aromatic heterocycles. The third-order valence-corrected chi connectivity index (χ3v) is 5.05. The van der Waals surface area contributed by atoms with Crippen molar-refractivity contribution >= 4 is 17.7 Å². The molecule has 0 aromatic carbocycles. The van der Waals surface area contributed by atoms with Gasteiger partial charge in [0.05, 0.1) is 6.04 Å². The van der Waals surface area contributed by atoms with Gasteiger partial charge in [-0.1, -0.05) is 6.42 Å². The number of likely N-dealkylation sites (N-methyl/N-ethyl adjacent to an activating group) is 1. The zero-order chi connectivity index (χ0) is 17.1. The molecule has 1 unspecified atom stereocenters. The number of nitrogen functional groups attached to an aromatic ring is 1. The first kappa shape index (κ1) is 17.0. The lowest BCUT2D eigenvalue weighted by molar-refractivity contribution is -0.137. The number of carbonyl (C=O) groups excluding carboxylic acids is 1. The molecule has 2 N–H and O–H groups in total. The van der Waals surface area contributed by atoms with E-state index in [1.807, 2.05) is 17.9 Å². The van der Waals surface area contributed by atoms with E-state index in [2.05, 4.69) is 26.8 Å². The Morgan fingerprint density at radius 3 is 2.71 bits per heavy atom. The monoisotopic (exact) mass is 332 g/mol. The molecule has 0 spiro atoms. The molecule has 24 heavy (non-hydrogen) atoms. The van der Waals surface area contributed by atoms with Gasteiger partial charge in [0.2, 0.25) is 11.9 Å². The number of anilines is 2. The minimum Gasteiger partial charge on any atom is -0.368 e. The van der Waals surface area contributed by atoms with E-state index < -0.39 is 0 Å². The van der Waals surface area contributed by atoms with Crippen LogP contribution in [0.4, 0.5) is 11.8 Å². The summed E-state index contributed by atoms with van der Waals surface area (Å²) in [4.78, 5) is 27.8. The van der Waals surface area contributed by atoms with Crippen LogP contribution in [0.3, 0.4) is 0 Å². The van der Waals surface area contributed by atoms with Gasteiger partial charge in [0.25, 0.3) is 0 Å². The van der Waals surface area contributed by atoms with Crippen LogP contribution in [0.15, 0.2) is 6.07 Å². The van der Waals surface area contributed by atoms with E-state index >= 15 is 0 Å². The molecule has 3 heterocycles. The van der Waals surface area contributed by atoms with Crippen LogP contribution in [0.1, 0.15) is 31.4 Å². The highest BCUT2D eigenvalue weighted by molar-refractivity contribution is 5.82. The highest BCUT2D eigenvalue weighted by atomic mass is 16.2. The number of nitrogens with zero attached hydrogens (tertiary/aromatic N) is 5. The third-order valence-electron chi connectivity index (χ3n) is 5.05. The molecular weight excluding hydrogens is 304 g/mol. The summed E-state index contributed by atoms with van der Waals surface area (Å²) in [6, 6.07) is 2.02. The standard InChI is InChI=1S/C17H28N6O/c1-13-12-15(20-17(18)19-13)22-8-5-9-23(11-10-22)16(24)14-6-3-4-7-21(14)2/h12,14H,3-11H2,1-2H3,(H2,18,19,20). The first-order valence-electron chi connectivity index (χ1n) is 8.90. The fourth-order valence-electron chi connectivity index (χ4n) is 3.70. The molecule has 2 aliphatic rings. The van der Waals surface area contributed by atoms with E-state index in [1.54, 1.807) is 0 Å².